The first-order valence-electron chi connectivity index (χ1n) is 6.59. The predicted molar refractivity (Wildman–Crippen MR) is 63.1 cm³/mol. The van der Waals surface area contributed by atoms with Crippen molar-refractivity contribution in [1.29, 1.82) is 0 Å². The Morgan fingerprint density at radius 1 is 1.00 bits per heavy atom. The van der Waals surface area contributed by atoms with E-state index >= 15 is 0 Å². The third-order valence-electron chi connectivity index (χ3n) is 5.21. The van der Waals surface area contributed by atoms with Crippen LogP contribution in [0.5, 0.6) is 0 Å². The van der Waals surface area contributed by atoms with Crippen molar-refractivity contribution >= 4 is 0 Å². The van der Waals surface area contributed by atoms with Gasteiger partial charge in [0.2, 0.25) is 0 Å². The van der Waals surface area contributed by atoms with Gasteiger partial charge in [-0.05, 0) is 48.5 Å². The van der Waals surface area contributed by atoms with Crippen LogP contribution >= 0.6 is 0 Å². The standard InChI is InChI=1S/C15H18O/c16-15(12-7-4-8-13(12)15)14-9-11(14)10-5-2-1-3-6-10/h1-3,5-6,11-14,16H,4,7-9H2. The van der Waals surface area contributed by atoms with Crippen LogP contribution < -0.4 is 0 Å². The van der Waals surface area contributed by atoms with Gasteiger partial charge in [-0.2, -0.15) is 0 Å². The van der Waals surface area contributed by atoms with Crippen LogP contribution in [-0.2, 0) is 0 Å². The summed E-state index contributed by atoms with van der Waals surface area (Å²) in [5.41, 5.74) is 1.18. The highest BCUT2D eigenvalue weighted by atomic mass is 16.3. The van der Waals surface area contributed by atoms with Crippen LogP contribution in [0, 0.1) is 17.8 Å². The summed E-state index contributed by atoms with van der Waals surface area (Å²) in [5.74, 6) is 2.54. The molecule has 0 spiro atoms. The number of benzene rings is 1. The fraction of sp³-hybridized carbons (Fsp3) is 0.600. The SMILES string of the molecule is OC1(C2CC2c2ccccc2)C2CCCC21. The van der Waals surface area contributed by atoms with Crippen molar-refractivity contribution in [3.8, 4) is 0 Å². The molecule has 84 valence electrons. The van der Waals surface area contributed by atoms with Gasteiger partial charge < -0.3 is 5.11 Å². The number of hydrogen-bond acceptors (Lipinski definition) is 1. The van der Waals surface area contributed by atoms with Crippen LogP contribution in [0.2, 0.25) is 0 Å². The van der Waals surface area contributed by atoms with E-state index in [0.717, 1.165) is 0 Å². The van der Waals surface area contributed by atoms with Crippen LogP contribution in [0.25, 0.3) is 0 Å². The van der Waals surface area contributed by atoms with Gasteiger partial charge in [-0.15, -0.1) is 0 Å². The van der Waals surface area contributed by atoms with Gasteiger partial charge in [0.05, 0.1) is 5.60 Å². The molecule has 0 saturated heterocycles. The minimum Gasteiger partial charge on any atom is -0.389 e. The molecule has 3 fully saturated rings. The molecule has 1 aromatic rings. The minimum atomic E-state index is -0.251. The molecule has 0 bridgehead atoms. The van der Waals surface area contributed by atoms with Crippen LogP contribution in [0.3, 0.4) is 0 Å². The monoisotopic (exact) mass is 214 g/mol. The molecule has 1 aromatic carbocycles. The van der Waals surface area contributed by atoms with Crippen molar-refractivity contribution in [2.75, 3.05) is 0 Å². The Morgan fingerprint density at radius 2 is 1.69 bits per heavy atom. The van der Waals surface area contributed by atoms with Gasteiger partial charge in [0.25, 0.3) is 0 Å². The van der Waals surface area contributed by atoms with E-state index in [1.807, 2.05) is 0 Å². The maximum atomic E-state index is 10.7. The number of aliphatic hydroxyl groups is 1. The predicted octanol–water partition coefficient (Wildman–Crippen LogP) is 2.95. The molecule has 0 aliphatic heterocycles. The van der Waals surface area contributed by atoms with E-state index in [0.29, 0.717) is 23.7 Å². The average Bonchev–Trinajstić information content (AvgIpc) is 3.16. The molecule has 16 heavy (non-hydrogen) atoms. The van der Waals surface area contributed by atoms with E-state index in [1.165, 1.54) is 31.2 Å². The summed E-state index contributed by atoms with van der Waals surface area (Å²) in [4.78, 5) is 0. The minimum absolute atomic E-state index is 0.251. The lowest BCUT2D eigenvalue weighted by Gasteiger charge is -2.14. The van der Waals surface area contributed by atoms with Crippen molar-refractivity contribution in [2.24, 2.45) is 17.8 Å². The first kappa shape index (κ1) is 9.23. The zero-order valence-corrected chi connectivity index (χ0v) is 9.47. The van der Waals surface area contributed by atoms with E-state index in [9.17, 15) is 5.11 Å². The van der Waals surface area contributed by atoms with Crippen molar-refractivity contribution in [1.82, 2.24) is 0 Å². The van der Waals surface area contributed by atoms with Gasteiger partial charge in [-0.25, -0.2) is 0 Å². The lowest BCUT2D eigenvalue weighted by molar-refractivity contribution is 0.0809. The molecule has 4 rings (SSSR count). The molecule has 3 saturated carbocycles. The first-order valence-corrected chi connectivity index (χ1v) is 6.59. The highest BCUT2D eigenvalue weighted by Crippen LogP contribution is 2.72. The van der Waals surface area contributed by atoms with Crippen LogP contribution in [-0.4, -0.2) is 10.7 Å². The van der Waals surface area contributed by atoms with E-state index < -0.39 is 0 Å². The summed E-state index contributed by atoms with van der Waals surface area (Å²) in [6.07, 6.45) is 5.12. The van der Waals surface area contributed by atoms with Gasteiger partial charge in [0.15, 0.2) is 0 Å². The maximum absolute atomic E-state index is 10.7. The lowest BCUT2D eigenvalue weighted by Crippen LogP contribution is -2.19. The topological polar surface area (TPSA) is 20.2 Å². The number of hydrogen-bond donors (Lipinski definition) is 1. The molecule has 0 amide bonds. The Bertz CT molecular complexity index is 401. The maximum Gasteiger partial charge on any atom is 0.0745 e. The van der Waals surface area contributed by atoms with Crippen LogP contribution in [0.15, 0.2) is 30.3 Å². The van der Waals surface area contributed by atoms with Crippen molar-refractivity contribution in [2.45, 2.75) is 37.2 Å². The Labute approximate surface area is 96.5 Å². The van der Waals surface area contributed by atoms with E-state index in [4.69, 9.17) is 0 Å². The van der Waals surface area contributed by atoms with Gasteiger partial charge in [-0.1, -0.05) is 36.8 Å². The normalized spacial score (nSPS) is 48.8. The highest BCUT2D eigenvalue weighted by Gasteiger charge is 2.73. The number of fused-ring (bicyclic) bond motifs is 1. The average molecular weight is 214 g/mol. The zero-order chi connectivity index (χ0) is 10.8. The Balaban J connectivity index is 1.54. The van der Waals surface area contributed by atoms with Crippen LogP contribution in [0.1, 0.15) is 37.2 Å². The third kappa shape index (κ3) is 1.05. The van der Waals surface area contributed by atoms with Crippen molar-refractivity contribution in [3.05, 3.63) is 35.9 Å². The number of rotatable bonds is 2. The van der Waals surface area contributed by atoms with Crippen molar-refractivity contribution in [3.63, 3.8) is 0 Å². The summed E-state index contributed by atoms with van der Waals surface area (Å²) in [6, 6.07) is 10.7. The molecule has 3 aliphatic rings. The summed E-state index contributed by atoms with van der Waals surface area (Å²) >= 11 is 0. The van der Waals surface area contributed by atoms with E-state index in [2.05, 4.69) is 30.3 Å². The third-order valence-corrected chi connectivity index (χ3v) is 5.21. The fourth-order valence-electron chi connectivity index (χ4n) is 4.29. The molecule has 1 nitrogen and oxygen atoms in total. The Morgan fingerprint density at radius 3 is 2.38 bits per heavy atom. The molecule has 0 heterocycles. The first-order chi connectivity index (χ1) is 7.82. The smallest absolute Gasteiger partial charge is 0.0745 e. The van der Waals surface area contributed by atoms with E-state index in [1.54, 1.807) is 0 Å². The second-order valence-electron chi connectivity index (χ2n) is 5.89. The highest BCUT2D eigenvalue weighted by molar-refractivity contribution is 5.33. The van der Waals surface area contributed by atoms with E-state index in [-0.39, 0.29) is 5.60 Å². The van der Waals surface area contributed by atoms with Gasteiger partial charge in [0.1, 0.15) is 0 Å². The summed E-state index contributed by atoms with van der Waals surface area (Å²) in [7, 11) is 0. The Hall–Kier alpha value is -0.820. The molecule has 0 radical (unpaired) electrons. The van der Waals surface area contributed by atoms with Gasteiger partial charge >= 0.3 is 0 Å². The van der Waals surface area contributed by atoms with Gasteiger partial charge in [-0.3, -0.25) is 0 Å². The molecular weight excluding hydrogens is 196 g/mol. The largest absolute Gasteiger partial charge is 0.389 e. The Kier molecular flexibility index (Phi) is 1.67. The van der Waals surface area contributed by atoms with Crippen molar-refractivity contribution < 1.29 is 5.11 Å². The zero-order valence-electron chi connectivity index (χ0n) is 9.47. The summed E-state index contributed by atoms with van der Waals surface area (Å²) < 4.78 is 0. The molecule has 4 atom stereocenters. The molecule has 1 heteroatoms. The summed E-state index contributed by atoms with van der Waals surface area (Å²) in [6.45, 7) is 0. The molecule has 3 aliphatic carbocycles. The summed E-state index contributed by atoms with van der Waals surface area (Å²) in [5, 5.41) is 10.7. The second-order valence-corrected chi connectivity index (χ2v) is 5.89. The molecule has 1 N–H and O–H groups in total. The second kappa shape index (κ2) is 2.89. The fourth-order valence-corrected chi connectivity index (χ4v) is 4.29. The van der Waals surface area contributed by atoms with Gasteiger partial charge in [0, 0.05) is 0 Å². The molecule has 0 aromatic heterocycles. The molecular formula is C15H18O. The van der Waals surface area contributed by atoms with Crippen LogP contribution in [0.4, 0.5) is 0 Å². The lowest BCUT2D eigenvalue weighted by atomic mass is 9.99. The quantitative estimate of drug-likeness (QED) is 0.802. The molecule has 4 unspecified atom stereocenters.